The molecule has 6 nitrogen and oxygen atoms in total. The fourth-order valence-electron chi connectivity index (χ4n) is 1.71. The van der Waals surface area contributed by atoms with Gasteiger partial charge in [-0.15, -0.1) is 0 Å². The Morgan fingerprint density at radius 1 is 0.667 bits per heavy atom. The molecule has 0 radical (unpaired) electrons. The third-order valence-electron chi connectivity index (χ3n) is 1.56. The first-order valence-electron chi connectivity index (χ1n) is 3.87. The number of rotatable bonds is 0. The van der Waals surface area contributed by atoms with Crippen molar-refractivity contribution >= 4 is 0 Å². The molecule has 0 bridgehead atoms. The molecule has 9 N–H and O–H groups in total. The van der Waals surface area contributed by atoms with Gasteiger partial charge in [0.2, 0.25) is 0 Å². The molecule has 1 heterocycles. The highest BCUT2D eigenvalue weighted by Gasteiger charge is 2.41. The Bertz CT molecular complexity index is 139. The normalized spacial score (nSPS) is 55.5. The molecule has 6 heteroatoms. The predicted octanol–water partition coefficient (Wildman–Crippen LogP) is -2.33. The summed E-state index contributed by atoms with van der Waals surface area (Å²) in [5.74, 6) is -2.30. The van der Waals surface area contributed by atoms with E-state index in [9.17, 15) is 0 Å². The van der Waals surface area contributed by atoms with Crippen molar-refractivity contribution in [3.05, 3.63) is 0 Å². The van der Waals surface area contributed by atoms with Crippen LogP contribution in [0, 0.1) is 0 Å². The van der Waals surface area contributed by atoms with Crippen LogP contribution in [0.1, 0.15) is 20.8 Å². The molecule has 0 saturated carbocycles. The van der Waals surface area contributed by atoms with Crippen LogP contribution in [-0.4, -0.2) is 17.4 Å². The van der Waals surface area contributed by atoms with Gasteiger partial charge in [0.15, 0.2) is 0 Å². The maximum atomic E-state index is 5.81. The molecule has 72 valence electrons. The van der Waals surface area contributed by atoms with Crippen molar-refractivity contribution in [2.45, 2.75) is 38.1 Å². The molecular weight excluding hydrogens is 156 g/mol. The van der Waals surface area contributed by atoms with Gasteiger partial charge in [-0.3, -0.25) is 16.0 Å². The van der Waals surface area contributed by atoms with Gasteiger partial charge in [0.25, 0.3) is 0 Å². The first-order chi connectivity index (χ1) is 5.12. The number of nitrogens with two attached hydrogens (primary N) is 3. The molecule has 12 heavy (non-hydrogen) atoms. The van der Waals surface area contributed by atoms with Crippen LogP contribution in [0.2, 0.25) is 0 Å². The quantitative estimate of drug-likeness (QED) is 0.245. The number of nitrogens with one attached hydrogen (secondary N) is 3. The van der Waals surface area contributed by atoms with E-state index in [1.165, 1.54) is 0 Å². The van der Waals surface area contributed by atoms with Crippen molar-refractivity contribution in [3.63, 3.8) is 0 Å². The molecule has 0 spiro atoms. The molecule has 1 aliphatic rings. The lowest BCUT2D eigenvalue weighted by Gasteiger charge is -2.51. The van der Waals surface area contributed by atoms with Crippen molar-refractivity contribution in [1.82, 2.24) is 16.0 Å². The van der Waals surface area contributed by atoms with E-state index in [0.717, 1.165) is 0 Å². The first kappa shape index (κ1) is 9.85. The smallest absolute Gasteiger partial charge is 0.122 e. The van der Waals surface area contributed by atoms with Crippen LogP contribution in [0.25, 0.3) is 0 Å². The molecule has 1 fully saturated rings. The summed E-state index contributed by atoms with van der Waals surface area (Å²) in [4.78, 5) is 0. The summed E-state index contributed by atoms with van der Waals surface area (Å²) >= 11 is 0. The highest BCUT2D eigenvalue weighted by atomic mass is 15.6. The van der Waals surface area contributed by atoms with E-state index in [0.29, 0.717) is 0 Å². The lowest BCUT2D eigenvalue weighted by Crippen LogP contribution is -2.89. The van der Waals surface area contributed by atoms with Crippen molar-refractivity contribution in [2.24, 2.45) is 17.2 Å². The highest BCUT2D eigenvalue weighted by molar-refractivity contribution is 4.96. The second kappa shape index (κ2) is 2.38. The maximum absolute atomic E-state index is 5.81. The fraction of sp³-hybridized carbons (Fsp3) is 1.00. The van der Waals surface area contributed by atoms with E-state index in [-0.39, 0.29) is 0 Å². The van der Waals surface area contributed by atoms with Crippen LogP contribution >= 0.6 is 0 Å². The van der Waals surface area contributed by atoms with Crippen molar-refractivity contribution in [3.8, 4) is 0 Å². The summed E-state index contributed by atoms with van der Waals surface area (Å²) in [7, 11) is 0. The molecule has 1 rings (SSSR count). The Morgan fingerprint density at radius 2 is 0.833 bits per heavy atom. The summed E-state index contributed by atoms with van der Waals surface area (Å²) in [6.45, 7) is 5.30. The predicted molar refractivity (Wildman–Crippen MR) is 47.2 cm³/mol. The minimum atomic E-state index is -0.766. The summed E-state index contributed by atoms with van der Waals surface area (Å²) < 4.78 is 0. The molecule has 1 aliphatic heterocycles. The van der Waals surface area contributed by atoms with Gasteiger partial charge in [-0.25, -0.2) is 0 Å². The zero-order valence-corrected chi connectivity index (χ0v) is 7.73. The van der Waals surface area contributed by atoms with Crippen LogP contribution in [0.4, 0.5) is 0 Å². The van der Waals surface area contributed by atoms with Gasteiger partial charge in [0.05, 0.1) is 0 Å². The Kier molecular flexibility index (Phi) is 1.95. The first-order valence-corrected chi connectivity index (χ1v) is 3.87. The van der Waals surface area contributed by atoms with Crippen LogP contribution < -0.4 is 33.2 Å². The molecule has 1 saturated heterocycles. The fourth-order valence-corrected chi connectivity index (χ4v) is 1.71. The third-order valence-corrected chi connectivity index (χ3v) is 1.56. The van der Waals surface area contributed by atoms with Crippen molar-refractivity contribution < 1.29 is 0 Å². The molecule has 0 aliphatic carbocycles. The minimum Gasteiger partial charge on any atom is -0.301 e. The van der Waals surface area contributed by atoms with Crippen molar-refractivity contribution in [2.75, 3.05) is 0 Å². The van der Waals surface area contributed by atoms with Gasteiger partial charge in [-0.1, -0.05) is 0 Å². The highest BCUT2D eigenvalue weighted by Crippen LogP contribution is 2.08. The van der Waals surface area contributed by atoms with E-state index in [4.69, 9.17) is 17.2 Å². The third kappa shape index (κ3) is 2.37. The Hall–Kier alpha value is -0.240. The average Bonchev–Trinajstić information content (AvgIpc) is 1.44. The molecule has 0 atom stereocenters. The lowest BCUT2D eigenvalue weighted by molar-refractivity contribution is 0.0242. The summed E-state index contributed by atoms with van der Waals surface area (Å²) in [6.07, 6.45) is 0. The van der Waals surface area contributed by atoms with Crippen LogP contribution in [0.3, 0.4) is 0 Å². The summed E-state index contributed by atoms with van der Waals surface area (Å²) in [5, 5.41) is 8.82. The zero-order valence-electron chi connectivity index (χ0n) is 7.73. The van der Waals surface area contributed by atoms with E-state index in [2.05, 4.69) is 16.0 Å². The van der Waals surface area contributed by atoms with E-state index in [1.807, 2.05) is 0 Å². The monoisotopic (exact) mass is 174 g/mol. The molecular formula is C6H18N6. The SMILES string of the molecule is CC1(N)NC(C)(N)NC(C)(N)N1. The van der Waals surface area contributed by atoms with E-state index in [1.54, 1.807) is 20.8 Å². The van der Waals surface area contributed by atoms with Crippen LogP contribution in [0.15, 0.2) is 0 Å². The molecule has 0 aromatic heterocycles. The van der Waals surface area contributed by atoms with Gasteiger partial charge in [0, 0.05) is 0 Å². The van der Waals surface area contributed by atoms with Gasteiger partial charge in [-0.2, -0.15) is 0 Å². The maximum Gasteiger partial charge on any atom is 0.122 e. The van der Waals surface area contributed by atoms with Gasteiger partial charge in [-0.05, 0) is 20.8 Å². The van der Waals surface area contributed by atoms with Crippen molar-refractivity contribution in [1.29, 1.82) is 0 Å². The van der Waals surface area contributed by atoms with Gasteiger partial charge < -0.3 is 17.2 Å². The standard InChI is InChI=1S/C6H18N6/c1-4(7)10-5(2,8)12-6(3,9)11-4/h10-12H,7-9H2,1-3H3. The Morgan fingerprint density at radius 3 is 1.00 bits per heavy atom. The molecule has 0 unspecified atom stereocenters. The van der Waals surface area contributed by atoms with E-state index >= 15 is 0 Å². The molecule has 0 aromatic rings. The summed E-state index contributed by atoms with van der Waals surface area (Å²) in [6, 6.07) is 0. The number of hydrogen-bond donors (Lipinski definition) is 6. The average molecular weight is 174 g/mol. The largest absolute Gasteiger partial charge is 0.301 e. The lowest BCUT2D eigenvalue weighted by atomic mass is 10.2. The molecule has 0 amide bonds. The van der Waals surface area contributed by atoms with E-state index < -0.39 is 17.4 Å². The topological polar surface area (TPSA) is 114 Å². The number of hydrogen-bond acceptors (Lipinski definition) is 6. The minimum absolute atomic E-state index is 0.766. The molecule has 0 aromatic carbocycles. The summed E-state index contributed by atoms with van der Waals surface area (Å²) in [5.41, 5.74) is 17.4. The Labute approximate surface area is 72.2 Å². The van der Waals surface area contributed by atoms with Crippen LogP contribution in [0.5, 0.6) is 0 Å². The van der Waals surface area contributed by atoms with Gasteiger partial charge in [0.1, 0.15) is 17.4 Å². The van der Waals surface area contributed by atoms with Gasteiger partial charge >= 0.3 is 0 Å². The zero-order chi connectivity index (χ0) is 9.62. The second-order valence-electron chi connectivity index (χ2n) is 3.98. The second-order valence-corrected chi connectivity index (χ2v) is 3.98. The Balaban J connectivity index is 2.81. The van der Waals surface area contributed by atoms with Crippen LogP contribution in [-0.2, 0) is 0 Å².